The second-order valence-electron chi connectivity index (χ2n) is 6.35. The van der Waals surface area contributed by atoms with Gasteiger partial charge in [-0.2, -0.15) is 13.2 Å². The summed E-state index contributed by atoms with van der Waals surface area (Å²) in [6.45, 7) is 2.84. The molecule has 0 saturated heterocycles. The third-order valence-electron chi connectivity index (χ3n) is 4.10. The number of benzene rings is 2. The highest BCUT2D eigenvalue weighted by Gasteiger charge is 2.34. The first-order valence-corrected chi connectivity index (χ1v) is 8.48. The van der Waals surface area contributed by atoms with Crippen molar-refractivity contribution < 1.29 is 27.5 Å². The van der Waals surface area contributed by atoms with E-state index in [1.807, 2.05) is 32.0 Å². The van der Waals surface area contributed by atoms with Crippen molar-refractivity contribution in [3.63, 3.8) is 0 Å². The van der Waals surface area contributed by atoms with E-state index in [9.17, 15) is 22.8 Å². The lowest BCUT2D eigenvalue weighted by Crippen LogP contribution is -2.38. The molecule has 0 unspecified atom stereocenters. The quantitative estimate of drug-likeness (QED) is 0.811. The van der Waals surface area contributed by atoms with Gasteiger partial charge in [0.15, 0.2) is 6.61 Å². The summed E-state index contributed by atoms with van der Waals surface area (Å²) in [4.78, 5) is 25.4. The summed E-state index contributed by atoms with van der Waals surface area (Å²) in [5.74, 6) is -1.46. The molecular formula is C20H21F3N2O3. The summed E-state index contributed by atoms with van der Waals surface area (Å²) in [7, 11) is 1.38. The summed E-state index contributed by atoms with van der Waals surface area (Å²) < 4.78 is 43.9. The Morgan fingerprint density at radius 2 is 1.64 bits per heavy atom. The molecule has 0 spiro atoms. The van der Waals surface area contributed by atoms with Crippen LogP contribution in [0.4, 0.5) is 18.9 Å². The highest BCUT2D eigenvalue weighted by molar-refractivity contribution is 5.95. The van der Waals surface area contributed by atoms with Gasteiger partial charge in [-0.1, -0.05) is 30.3 Å². The van der Waals surface area contributed by atoms with E-state index in [-0.39, 0.29) is 6.54 Å². The van der Waals surface area contributed by atoms with Gasteiger partial charge in [0.1, 0.15) is 5.75 Å². The molecule has 2 aromatic carbocycles. The Bertz CT molecular complexity index is 846. The standard InChI is InChI=1S/C20H21F3N2O3/c1-13-7-6-8-14(2)19(13)24-17(26)11-25(3)18(27)12-28-16-10-5-4-9-15(16)20(21,22)23/h4-10H,11-12H2,1-3H3,(H,24,26). The van der Waals surface area contributed by atoms with Gasteiger partial charge in [0.25, 0.3) is 5.91 Å². The molecule has 5 nitrogen and oxygen atoms in total. The van der Waals surface area contributed by atoms with E-state index < -0.39 is 35.9 Å². The van der Waals surface area contributed by atoms with Crippen molar-refractivity contribution >= 4 is 17.5 Å². The van der Waals surface area contributed by atoms with Crippen molar-refractivity contribution in [2.45, 2.75) is 20.0 Å². The number of nitrogens with zero attached hydrogens (tertiary/aromatic N) is 1. The minimum atomic E-state index is -4.59. The van der Waals surface area contributed by atoms with E-state index in [1.54, 1.807) is 0 Å². The van der Waals surface area contributed by atoms with Gasteiger partial charge in [-0.05, 0) is 37.1 Å². The fraction of sp³-hybridized carbons (Fsp3) is 0.300. The first kappa shape index (κ1) is 21.3. The molecule has 2 rings (SSSR count). The Morgan fingerprint density at radius 3 is 2.25 bits per heavy atom. The maximum atomic E-state index is 12.9. The fourth-order valence-electron chi connectivity index (χ4n) is 2.57. The number of hydrogen-bond donors (Lipinski definition) is 1. The van der Waals surface area contributed by atoms with E-state index in [1.165, 1.54) is 19.2 Å². The number of rotatable bonds is 6. The van der Waals surface area contributed by atoms with Crippen LogP contribution in [0.25, 0.3) is 0 Å². The van der Waals surface area contributed by atoms with Crippen LogP contribution in [0.1, 0.15) is 16.7 Å². The number of alkyl halides is 3. The van der Waals surface area contributed by atoms with Gasteiger partial charge >= 0.3 is 6.18 Å². The molecule has 0 fully saturated rings. The molecule has 0 aliphatic heterocycles. The topological polar surface area (TPSA) is 58.6 Å². The van der Waals surface area contributed by atoms with Crippen molar-refractivity contribution in [1.29, 1.82) is 0 Å². The summed E-state index contributed by atoms with van der Waals surface area (Å²) in [6, 6.07) is 10.2. The third kappa shape index (κ3) is 5.48. The highest BCUT2D eigenvalue weighted by Crippen LogP contribution is 2.35. The molecule has 0 atom stereocenters. The van der Waals surface area contributed by atoms with Gasteiger partial charge in [-0.3, -0.25) is 9.59 Å². The summed E-state index contributed by atoms with van der Waals surface area (Å²) in [5.41, 5.74) is 1.48. The van der Waals surface area contributed by atoms with E-state index in [0.717, 1.165) is 28.2 Å². The largest absolute Gasteiger partial charge is 0.483 e. The molecule has 0 heterocycles. The predicted molar refractivity (Wildman–Crippen MR) is 99.1 cm³/mol. The Balaban J connectivity index is 1.94. The maximum absolute atomic E-state index is 12.9. The Morgan fingerprint density at radius 1 is 1.04 bits per heavy atom. The number of amides is 2. The number of carbonyl (C=O) groups excluding carboxylic acids is 2. The number of nitrogens with one attached hydrogen (secondary N) is 1. The van der Waals surface area contributed by atoms with Crippen molar-refractivity contribution in [1.82, 2.24) is 4.90 Å². The predicted octanol–water partition coefficient (Wildman–Crippen LogP) is 3.80. The number of anilines is 1. The van der Waals surface area contributed by atoms with E-state index in [0.29, 0.717) is 5.69 Å². The minimum Gasteiger partial charge on any atom is -0.483 e. The molecule has 2 aromatic rings. The maximum Gasteiger partial charge on any atom is 0.419 e. The molecule has 0 aliphatic rings. The monoisotopic (exact) mass is 394 g/mol. The second-order valence-corrected chi connectivity index (χ2v) is 6.35. The normalized spacial score (nSPS) is 11.1. The van der Waals surface area contributed by atoms with E-state index in [2.05, 4.69) is 5.32 Å². The van der Waals surface area contributed by atoms with Gasteiger partial charge in [0, 0.05) is 12.7 Å². The van der Waals surface area contributed by atoms with Crippen molar-refractivity contribution in [3.05, 3.63) is 59.2 Å². The number of halogens is 3. The molecule has 0 aromatic heterocycles. The zero-order valence-corrected chi connectivity index (χ0v) is 15.8. The summed E-state index contributed by atoms with van der Waals surface area (Å²) in [6.07, 6.45) is -4.59. The number of ether oxygens (including phenoxy) is 1. The van der Waals surface area contributed by atoms with Crippen LogP contribution in [0.5, 0.6) is 5.75 Å². The van der Waals surface area contributed by atoms with Gasteiger partial charge < -0.3 is 15.0 Å². The summed E-state index contributed by atoms with van der Waals surface area (Å²) in [5, 5.41) is 2.74. The van der Waals surface area contributed by atoms with E-state index >= 15 is 0 Å². The molecule has 0 radical (unpaired) electrons. The number of carbonyl (C=O) groups is 2. The van der Waals surface area contributed by atoms with Crippen LogP contribution < -0.4 is 10.1 Å². The van der Waals surface area contributed by atoms with Gasteiger partial charge in [-0.15, -0.1) is 0 Å². The van der Waals surface area contributed by atoms with Gasteiger partial charge in [0.2, 0.25) is 5.91 Å². The van der Waals surface area contributed by atoms with Gasteiger partial charge in [-0.25, -0.2) is 0 Å². The average molecular weight is 394 g/mol. The molecule has 0 aliphatic carbocycles. The van der Waals surface area contributed by atoms with Gasteiger partial charge in [0.05, 0.1) is 12.1 Å². The molecule has 0 bridgehead atoms. The first-order chi connectivity index (χ1) is 13.1. The lowest BCUT2D eigenvalue weighted by molar-refractivity contribution is -0.141. The lowest BCUT2D eigenvalue weighted by Gasteiger charge is -2.19. The third-order valence-corrected chi connectivity index (χ3v) is 4.10. The molecule has 2 amide bonds. The fourth-order valence-corrected chi connectivity index (χ4v) is 2.57. The molecule has 1 N–H and O–H groups in total. The molecular weight excluding hydrogens is 373 g/mol. The van der Waals surface area contributed by atoms with Crippen LogP contribution >= 0.6 is 0 Å². The van der Waals surface area contributed by atoms with Crippen LogP contribution in [0.2, 0.25) is 0 Å². The Hall–Kier alpha value is -3.03. The van der Waals surface area contributed by atoms with Crippen molar-refractivity contribution in [2.75, 3.05) is 25.5 Å². The molecule has 150 valence electrons. The molecule has 28 heavy (non-hydrogen) atoms. The second kappa shape index (κ2) is 8.77. The van der Waals surface area contributed by atoms with E-state index in [4.69, 9.17) is 4.74 Å². The number of likely N-dealkylation sites (N-methyl/N-ethyl adjacent to an activating group) is 1. The van der Waals surface area contributed by atoms with Crippen LogP contribution in [0, 0.1) is 13.8 Å². The summed E-state index contributed by atoms with van der Waals surface area (Å²) >= 11 is 0. The van der Waals surface area contributed by atoms with Crippen LogP contribution in [-0.4, -0.2) is 36.9 Å². The molecule has 8 heteroatoms. The molecule has 0 saturated carbocycles. The van der Waals surface area contributed by atoms with Crippen LogP contribution in [0.15, 0.2) is 42.5 Å². The first-order valence-electron chi connectivity index (χ1n) is 8.48. The number of aryl methyl sites for hydroxylation is 2. The Kier molecular flexibility index (Phi) is 6.66. The SMILES string of the molecule is Cc1cccc(C)c1NC(=O)CN(C)C(=O)COc1ccccc1C(F)(F)F. The van der Waals surface area contributed by atoms with Crippen LogP contribution in [0.3, 0.4) is 0 Å². The minimum absolute atomic E-state index is 0.253. The smallest absolute Gasteiger partial charge is 0.419 e. The van der Waals surface area contributed by atoms with Crippen molar-refractivity contribution in [2.24, 2.45) is 0 Å². The highest BCUT2D eigenvalue weighted by atomic mass is 19.4. The Labute approximate surface area is 161 Å². The zero-order valence-electron chi connectivity index (χ0n) is 15.8. The lowest BCUT2D eigenvalue weighted by atomic mass is 10.1. The zero-order chi connectivity index (χ0) is 20.9. The van der Waals surface area contributed by atoms with Crippen LogP contribution in [-0.2, 0) is 15.8 Å². The van der Waals surface area contributed by atoms with Crippen molar-refractivity contribution in [3.8, 4) is 5.75 Å². The average Bonchev–Trinajstić information content (AvgIpc) is 2.62. The number of para-hydroxylation sites is 2. The number of hydrogen-bond acceptors (Lipinski definition) is 3.